The summed E-state index contributed by atoms with van der Waals surface area (Å²) in [5.74, 6) is 1.31. The van der Waals surface area contributed by atoms with E-state index in [9.17, 15) is 10.2 Å². The van der Waals surface area contributed by atoms with Crippen LogP contribution in [0.25, 0.3) is 0 Å². The first kappa shape index (κ1) is 19.1. The molecule has 3 atom stereocenters. The molecule has 0 aliphatic heterocycles. The number of hydrogen-bond donors (Lipinski definition) is 2. The highest BCUT2D eigenvalue weighted by molar-refractivity contribution is 5.42. The maximum Gasteiger partial charge on any atom is 0.123 e. The van der Waals surface area contributed by atoms with Crippen LogP contribution in [0.1, 0.15) is 89.5 Å². The van der Waals surface area contributed by atoms with E-state index in [0.717, 1.165) is 43.4 Å². The highest BCUT2D eigenvalue weighted by atomic mass is 16.5. The third-order valence-electron chi connectivity index (χ3n) is 5.14. The largest absolute Gasteiger partial charge is 0.508 e. The van der Waals surface area contributed by atoms with Crippen molar-refractivity contribution in [2.24, 2.45) is 0 Å². The Morgan fingerprint density at radius 3 is 2.67 bits per heavy atom. The predicted octanol–water partition coefficient (Wildman–Crippen LogP) is 5.54. The standard InChI is InChI=1S/C21H34O3/c1-3-4-5-6-7-9-16(2)24-19-12-13-20(21(23)15-19)17-10-8-11-18(22)14-17/h12-13,15-18,22-23H,3-11,14H2,1-2H3/t16?,17-,18+/m1/s1. The van der Waals surface area contributed by atoms with Crippen molar-refractivity contribution in [2.45, 2.75) is 96.2 Å². The summed E-state index contributed by atoms with van der Waals surface area (Å²) in [7, 11) is 0. The van der Waals surface area contributed by atoms with E-state index < -0.39 is 0 Å². The van der Waals surface area contributed by atoms with Gasteiger partial charge >= 0.3 is 0 Å². The van der Waals surface area contributed by atoms with Crippen LogP contribution >= 0.6 is 0 Å². The van der Waals surface area contributed by atoms with Crippen molar-refractivity contribution in [3.63, 3.8) is 0 Å². The molecule has 2 N–H and O–H groups in total. The predicted molar refractivity (Wildman–Crippen MR) is 98.8 cm³/mol. The molecule has 1 fully saturated rings. The first-order valence-corrected chi connectivity index (χ1v) is 9.77. The van der Waals surface area contributed by atoms with Gasteiger partial charge in [0.25, 0.3) is 0 Å². The van der Waals surface area contributed by atoms with Crippen molar-refractivity contribution in [1.29, 1.82) is 0 Å². The quantitative estimate of drug-likeness (QED) is 0.583. The Kier molecular flexibility index (Phi) is 7.90. The summed E-state index contributed by atoms with van der Waals surface area (Å²) >= 11 is 0. The summed E-state index contributed by atoms with van der Waals surface area (Å²) < 4.78 is 5.96. The molecule has 24 heavy (non-hydrogen) atoms. The van der Waals surface area contributed by atoms with Gasteiger partial charge in [0, 0.05) is 6.07 Å². The number of benzene rings is 1. The number of phenols is 1. The minimum atomic E-state index is -0.230. The average molecular weight is 335 g/mol. The van der Waals surface area contributed by atoms with E-state index in [-0.39, 0.29) is 18.1 Å². The van der Waals surface area contributed by atoms with Gasteiger partial charge in [-0.15, -0.1) is 0 Å². The van der Waals surface area contributed by atoms with Gasteiger partial charge in [0.15, 0.2) is 0 Å². The van der Waals surface area contributed by atoms with E-state index in [1.807, 2.05) is 12.1 Å². The molecule has 1 saturated carbocycles. The molecule has 0 bridgehead atoms. The van der Waals surface area contributed by atoms with E-state index >= 15 is 0 Å². The number of ether oxygens (including phenoxy) is 1. The highest BCUT2D eigenvalue weighted by Crippen LogP contribution is 2.38. The monoisotopic (exact) mass is 334 g/mol. The summed E-state index contributed by atoms with van der Waals surface area (Å²) in [4.78, 5) is 0. The molecule has 1 aromatic rings. The van der Waals surface area contributed by atoms with E-state index in [1.165, 1.54) is 32.1 Å². The third kappa shape index (κ3) is 6.01. The SMILES string of the molecule is CCCCCCCC(C)Oc1ccc([C@@H]2CCC[C@H](O)C2)c(O)c1. The van der Waals surface area contributed by atoms with Gasteiger partial charge in [-0.25, -0.2) is 0 Å². The molecule has 0 radical (unpaired) electrons. The van der Waals surface area contributed by atoms with Gasteiger partial charge in [-0.2, -0.15) is 0 Å². The van der Waals surface area contributed by atoms with Crippen LogP contribution in [0.4, 0.5) is 0 Å². The Labute approximate surface area is 147 Å². The van der Waals surface area contributed by atoms with E-state index in [1.54, 1.807) is 6.07 Å². The zero-order chi connectivity index (χ0) is 17.4. The van der Waals surface area contributed by atoms with Crippen LogP contribution in [-0.2, 0) is 0 Å². The zero-order valence-corrected chi connectivity index (χ0v) is 15.3. The second kappa shape index (κ2) is 9.93. The molecule has 3 nitrogen and oxygen atoms in total. The average Bonchev–Trinajstić information content (AvgIpc) is 2.55. The minimum Gasteiger partial charge on any atom is -0.508 e. The number of hydrogen-bond acceptors (Lipinski definition) is 3. The van der Waals surface area contributed by atoms with Crippen molar-refractivity contribution in [3.05, 3.63) is 23.8 Å². The lowest BCUT2D eigenvalue weighted by Gasteiger charge is -2.27. The van der Waals surface area contributed by atoms with Crippen molar-refractivity contribution in [2.75, 3.05) is 0 Å². The molecule has 0 heterocycles. The van der Waals surface area contributed by atoms with Crippen molar-refractivity contribution in [1.82, 2.24) is 0 Å². The molecule has 0 saturated heterocycles. The summed E-state index contributed by atoms with van der Waals surface area (Å²) in [6, 6.07) is 5.68. The fourth-order valence-corrected chi connectivity index (χ4v) is 3.72. The summed E-state index contributed by atoms with van der Waals surface area (Å²) in [6.07, 6.45) is 11.1. The molecule has 1 aromatic carbocycles. The number of rotatable bonds is 9. The highest BCUT2D eigenvalue weighted by Gasteiger charge is 2.24. The fraction of sp³-hybridized carbons (Fsp3) is 0.714. The topological polar surface area (TPSA) is 49.7 Å². The third-order valence-corrected chi connectivity index (χ3v) is 5.14. The number of unbranched alkanes of at least 4 members (excludes halogenated alkanes) is 4. The molecule has 0 spiro atoms. The second-order valence-electron chi connectivity index (χ2n) is 7.37. The number of aliphatic hydroxyl groups is 1. The van der Waals surface area contributed by atoms with Crippen molar-refractivity contribution < 1.29 is 14.9 Å². The maximum absolute atomic E-state index is 10.4. The summed E-state index contributed by atoms with van der Waals surface area (Å²) in [5.41, 5.74) is 0.952. The summed E-state index contributed by atoms with van der Waals surface area (Å²) in [5, 5.41) is 20.2. The van der Waals surface area contributed by atoms with Gasteiger partial charge in [0.05, 0.1) is 12.2 Å². The lowest BCUT2D eigenvalue weighted by Crippen LogP contribution is -2.18. The Morgan fingerprint density at radius 1 is 1.17 bits per heavy atom. The van der Waals surface area contributed by atoms with Crippen LogP contribution in [0.3, 0.4) is 0 Å². The minimum absolute atomic E-state index is 0.174. The molecule has 0 amide bonds. The second-order valence-corrected chi connectivity index (χ2v) is 7.37. The van der Waals surface area contributed by atoms with E-state index in [4.69, 9.17) is 4.74 Å². The first-order valence-electron chi connectivity index (χ1n) is 9.77. The lowest BCUT2D eigenvalue weighted by molar-refractivity contribution is 0.119. The Hall–Kier alpha value is -1.22. The Bertz CT molecular complexity index is 486. The number of phenolic OH excluding ortho intramolecular Hbond substituents is 1. The molecule has 3 heteroatoms. The fourth-order valence-electron chi connectivity index (χ4n) is 3.72. The van der Waals surface area contributed by atoms with Crippen LogP contribution in [0.5, 0.6) is 11.5 Å². The van der Waals surface area contributed by atoms with Crippen LogP contribution in [-0.4, -0.2) is 22.4 Å². The molecule has 1 aliphatic rings. The van der Waals surface area contributed by atoms with Crippen molar-refractivity contribution >= 4 is 0 Å². The molecule has 136 valence electrons. The Balaban J connectivity index is 1.83. The number of aromatic hydroxyl groups is 1. The maximum atomic E-state index is 10.4. The first-order chi connectivity index (χ1) is 11.6. The van der Waals surface area contributed by atoms with Gasteiger partial charge in [-0.05, 0) is 56.6 Å². The lowest BCUT2D eigenvalue weighted by atomic mass is 9.82. The molecule has 1 aliphatic carbocycles. The number of aliphatic hydroxyl groups excluding tert-OH is 1. The van der Waals surface area contributed by atoms with E-state index in [0.29, 0.717) is 5.75 Å². The van der Waals surface area contributed by atoms with Gasteiger partial charge < -0.3 is 14.9 Å². The summed E-state index contributed by atoms with van der Waals surface area (Å²) in [6.45, 7) is 4.33. The smallest absolute Gasteiger partial charge is 0.123 e. The van der Waals surface area contributed by atoms with Crippen molar-refractivity contribution in [3.8, 4) is 11.5 Å². The zero-order valence-electron chi connectivity index (χ0n) is 15.3. The van der Waals surface area contributed by atoms with E-state index in [2.05, 4.69) is 13.8 Å². The van der Waals surface area contributed by atoms with Crippen LogP contribution in [0.2, 0.25) is 0 Å². The van der Waals surface area contributed by atoms with Crippen LogP contribution < -0.4 is 4.74 Å². The van der Waals surface area contributed by atoms with Gasteiger partial charge in [0.2, 0.25) is 0 Å². The van der Waals surface area contributed by atoms with Crippen LogP contribution in [0.15, 0.2) is 18.2 Å². The molecule has 0 aromatic heterocycles. The normalized spacial score (nSPS) is 22.3. The van der Waals surface area contributed by atoms with Gasteiger partial charge in [-0.1, -0.05) is 45.1 Å². The Morgan fingerprint density at radius 2 is 1.96 bits per heavy atom. The van der Waals surface area contributed by atoms with Crippen LogP contribution in [0, 0.1) is 0 Å². The molecule has 2 rings (SSSR count). The molecular formula is C21H34O3. The molecular weight excluding hydrogens is 300 g/mol. The molecule has 1 unspecified atom stereocenters. The van der Waals surface area contributed by atoms with Gasteiger partial charge in [0.1, 0.15) is 11.5 Å². The van der Waals surface area contributed by atoms with Gasteiger partial charge in [-0.3, -0.25) is 0 Å².